The fourth-order valence-corrected chi connectivity index (χ4v) is 3.33. The monoisotopic (exact) mass is 371 g/mol. The van der Waals surface area contributed by atoms with Crippen molar-refractivity contribution in [2.24, 2.45) is 5.92 Å². The molecule has 1 N–H and O–H groups in total. The van der Waals surface area contributed by atoms with Gasteiger partial charge in [0.05, 0.1) is 5.39 Å². The predicted octanol–water partition coefficient (Wildman–Crippen LogP) is 4.46. The first-order chi connectivity index (χ1) is 13.5. The molecular formula is C23H21N3O2. The molecule has 0 aliphatic carbocycles. The van der Waals surface area contributed by atoms with Crippen LogP contribution in [-0.2, 0) is 6.54 Å². The van der Waals surface area contributed by atoms with E-state index in [1.807, 2.05) is 62.4 Å². The number of amides is 1. The summed E-state index contributed by atoms with van der Waals surface area (Å²) in [5.41, 5.74) is 0.770. The Morgan fingerprint density at radius 1 is 0.964 bits per heavy atom. The summed E-state index contributed by atoms with van der Waals surface area (Å²) in [5, 5.41) is 10.5. The number of nitrogens with one attached hydrogen (secondary N) is 1. The highest BCUT2D eigenvalue weighted by molar-refractivity contribution is 6.11. The Hall–Kier alpha value is -3.47. The van der Waals surface area contributed by atoms with Crippen LogP contribution < -0.4 is 10.9 Å². The molecule has 0 aliphatic rings. The predicted molar refractivity (Wildman–Crippen MR) is 113 cm³/mol. The van der Waals surface area contributed by atoms with Crippen LogP contribution in [-0.4, -0.2) is 15.7 Å². The molecule has 0 atom stereocenters. The normalized spacial score (nSPS) is 11.2. The van der Waals surface area contributed by atoms with E-state index in [0.29, 0.717) is 23.0 Å². The Balaban J connectivity index is 1.77. The zero-order valence-corrected chi connectivity index (χ0v) is 15.8. The second-order valence-corrected chi connectivity index (χ2v) is 7.29. The molecule has 0 spiro atoms. The van der Waals surface area contributed by atoms with Crippen LogP contribution in [0.4, 0.5) is 5.69 Å². The molecular weight excluding hydrogens is 350 g/mol. The van der Waals surface area contributed by atoms with E-state index < -0.39 is 0 Å². The van der Waals surface area contributed by atoms with Gasteiger partial charge in [-0.15, -0.1) is 0 Å². The van der Waals surface area contributed by atoms with Crippen molar-refractivity contribution in [3.05, 3.63) is 82.8 Å². The lowest BCUT2D eigenvalue weighted by atomic mass is 10.1. The topological polar surface area (TPSA) is 64.0 Å². The van der Waals surface area contributed by atoms with Crippen molar-refractivity contribution < 1.29 is 4.79 Å². The molecule has 1 amide bonds. The van der Waals surface area contributed by atoms with Crippen LogP contribution in [0.5, 0.6) is 0 Å². The zero-order valence-electron chi connectivity index (χ0n) is 15.8. The number of hydrogen-bond donors (Lipinski definition) is 1. The number of fused-ring (bicyclic) bond motifs is 2. The molecule has 0 saturated heterocycles. The first kappa shape index (κ1) is 17.9. The summed E-state index contributed by atoms with van der Waals surface area (Å²) < 4.78 is 1.39. The van der Waals surface area contributed by atoms with E-state index in [2.05, 4.69) is 10.4 Å². The Morgan fingerprint density at radius 2 is 1.64 bits per heavy atom. The van der Waals surface area contributed by atoms with Crippen LogP contribution in [0.15, 0.2) is 71.5 Å². The van der Waals surface area contributed by atoms with Gasteiger partial charge in [-0.3, -0.25) is 9.59 Å². The van der Waals surface area contributed by atoms with Gasteiger partial charge in [-0.2, -0.15) is 5.10 Å². The molecule has 0 bridgehead atoms. The number of hydrogen-bond acceptors (Lipinski definition) is 3. The fourth-order valence-electron chi connectivity index (χ4n) is 3.33. The smallest absolute Gasteiger partial charge is 0.276 e. The van der Waals surface area contributed by atoms with Crippen LogP contribution in [0.25, 0.3) is 21.5 Å². The van der Waals surface area contributed by atoms with Gasteiger partial charge < -0.3 is 5.32 Å². The van der Waals surface area contributed by atoms with Crippen molar-refractivity contribution in [2.45, 2.75) is 20.4 Å². The molecule has 0 unspecified atom stereocenters. The van der Waals surface area contributed by atoms with Gasteiger partial charge in [0, 0.05) is 17.6 Å². The third-order valence-electron chi connectivity index (χ3n) is 4.63. The summed E-state index contributed by atoms with van der Waals surface area (Å²) in [4.78, 5) is 25.7. The lowest BCUT2D eigenvalue weighted by Gasteiger charge is -2.13. The van der Waals surface area contributed by atoms with E-state index in [1.165, 1.54) is 4.68 Å². The maximum Gasteiger partial charge on any atom is 0.276 e. The van der Waals surface area contributed by atoms with E-state index in [-0.39, 0.29) is 23.1 Å². The molecule has 4 aromatic rings. The summed E-state index contributed by atoms with van der Waals surface area (Å²) in [6.45, 7) is 4.48. The molecule has 0 saturated carbocycles. The number of aromatic nitrogens is 2. The molecule has 28 heavy (non-hydrogen) atoms. The quantitative estimate of drug-likeness (QED) is 0.576. The minimum atomic E-state index is -0.330. The van der Waals surface area contributed by atoms with Gasteiger partial charge in [0.25, 0.3) is 11.5 Å². The number of nitrogens with zero attached hydrogens (tertiary/aromatic N) is 2. The van der Waals surface area contributed by atoms with Crippen LogP contribution in [0.3, 0.4) is 0 Å². The Labute approximate surface area is 162 Å². The van der Waals surface area contributed by atoms with Crippen molar-refractivity contribution in [3.63, 3.8) is 0 Å². The first-order valence-corrected chi connectivity index (χ1v) is 9.33. The summed E-state index contributed by atoms with van der Waals surface area (Å²) in [5.74, 6) is -0.0910. The average molecular weight is 371 g/mol. The zero-order chi connectivity index (χ0) is 19.7. The summed E-state index contributed by atoms with van der Waals surface area (Å²) in [6.07, 6.45) is 0. The number of benzene rings is 3. The summed E-state index contributed by atoms with van der Waals surface area (Å²) in [7, 11) is 0. The Kier molecular flexibility index (Phi) is 4.65. The van der Waals surface area contributed by atoms with Gasteiger partial charge in [-0.05, 0) is 34.9 Å². The molecule has 0 fully saturated rings. The third kappa shape index (κ3) is 3.39. The van der Waals surface area contributed by atoms with Crippen molar-refractivity contribution in [3.8, 4) is 0 Å². The van der Waals surface area contributed by atoms with Gasteiger partial charge >= 0.3 is 0 Å². The van der Waals surface area contributed by atoms with Crippen molar-refractivity contribution in [1.82, 2.24) is 9.78 Å². The minimum absolute atomic E-state index is 0.174. The molecule has 140 valence electrons. The van der Waals surface area contributed by atoms with E-state index in [9.17, 15) is 9.59 Å². The van der Waals surface area contributed by atoms with Crippen LogP contribution in [0.2, 0.25) is 0 Å². The lowest BCUT2D eigenvalue weighted by molar-refractivity contribution is 0.102. The van der Waals surface area contributed by atoms with Crippen molar-refractivity contribution >= 4 is 33.1 Å². The standard InChI is InChI=1S/C23H21N3O2/c1-15(2)14-26-23(28)20-10-6-5-9-19(20)21(25-26)22(27)24-18-12-11-16-7-3-4-8-17(16)13-18/h3-13,15H,14H2,1-2H3,(H,24,27). The molecule has 1 heterocycles. The average Bonchev–Trinajstić information content (AvgIpc) is 2.69. The van der Waals surface area contributed by atoms with E-state index in [1.54, 1.807) is 18.2 Å². The van der Waals surface area contributed by atoms with E-state index in [0.717, 1.165) is 10.8 Å². The van der Waals surface area contributed by atoms with Gasteiger partial charge in [0.15, 0.2) is 5.69 Å². The van der Waals surface area contributed by atoms with Crippen LogP contribution in [0, 0.1) is 5.92 Å². The lowest BCUT2D eigenvalue weighted by Crippen LogP contribution is -2.29. The number of carbonyl (C=O) groups is 1. The van der Waals surface area contributed by atoms with Gasteiger partial charge in [0.1, 0.15) is 0 Å². The second-order valence-electron chi connectivity index (χ2n) is 7.29. The maximum absolute atomic E-state index is 13.0. The molecule has 5 heteroatoms. The van der Waals surface area contributed by atoms with E-state index in [4.69, 9.17) is 0 Å². The molecule has 4 rings (SSSR count). The largest absolute Gasteiger partial charge is 0.321 e. The molecule has 0 aliphatic heterocycles. The van der Waals surface area contributed by atoms with Crippen LogP contribution in [0.1, 0.15) is 24.3 Å². The minimum Gasteiger partial charge on any atom is -0.321 e. The second kappa shape index (κ2) is 7.27. The highest BCUT2D eigenvalue weighted by Gasteiger charge is 2.17. The highest BCUT2D eigenvalue weighted by Crippen LogP contribution is 2.20. The van der Waals surface area contributed by atoms with Crippen molar-refractivity contribution in [2.75, 3.05) is 5.32 Å². The fraction of sp³-hybridized carbons (Fsp3) is 0.174. The molecule has 3 aromatic carbocycles. The first-order valence-electron chi connectivity index (χ1n) is 9.33. The van der Waals surface area contributed by atoms with Gasteiger partial charge in [0.2, 0.25) is 0 Å². The van der Waals surface area contributed by atoms with Gasteiger partial charge in [-0.25, -0.2) is 4.68 Å². The number of anilines is 1. The highest BCUT2D eigenvalue weighted by atomic mass is 16.2. The Bertz CT molecular complexity index is 1240. The SMILES string of the molecule is CC(C)Cn1nc(C(=O)Nc2ccc3ccccc3c2)c2ccccc2c1=O. The van der Waals surface area contributed by atoms with Gasteiger partial charge in [-0.1, -0.05) is 62.4 Å². The summed E-state index contributed by atoms with van der Waals surface area (Å²) >= 11 is 0. The Morgan fingerprint density at radius 3 is 2.39 bits per heavy atom. The molecule has 1 aromatic heterocycles. The molecule has 5 nitrogen and oxygen atoms in total. The van der Waals surface area contributed by atoms with E-state index >= 15 is 0 Å². The number of carbonyl (C=O) groups excluding carboxylic acids is 1. The maximum atomic E-state index is 13.0. The number of rotatable bonds is 4. The summed E-state index contributed by atoms with van der Waals surface area (Å²) in [6, 6.07) is 20.8. The third-order valence-corrected chi connectivity index (χ3v) is 4.63. The molecule has 0 radical (unpaired) electrons. The van der Waals surface area contributed by atoms with Crippen molar-refractivity contribution in [1.29, 1.82) is 0 Å². The van der Waals surface area contributed by atoms with Crippen LogP contribution >= 0.6 is 0 Å².